The third-order valence-corrected chi connectivity index (χ3v) is 5.60. The molecule has 1 aromatic heterocycles. The van der Waals surface area contributed by atoms with Crippen molar-refractivity contribution in [1.29, 1.82) is 0 Å². The quantitative estimate of drug-likeness (QED) is 0.885. The summed E-state index contributed by atoms with van der Waals surface area (Å²) in [6.45, 7) is 0.589. The van der Waals surface area contributed by atoms with Gasteiger partial charge < -0.3 is 9.73 Å². The standard InChI is InChI=1S/C11H17N3O3S/c15-18(16)5-4-8(7-18)6-12-11-14-13-10(17-11)9-2-1-3-9/h8-9H,1-7H2,(H,12,14)/t8-/m0/s1. The largest absolute Gasteiger partial charge is 0.408 e. The molecule has 0 unspecified atom stereocenters. The summed E-state index contributed by atoms with van der Waals surface area (Å²) in [5.41, 5.74) is 0. The number of anilines is 1. The van der Waals surface area contributed by atoms with Gasteiger partial charge in [-0.25, -0.2) is 8.42 Å². The van der Waals surface area contributed by atoms with E-state index in [4.69, 9.17) is 4.42 Å². The van der Waals surface area contributed by atoms with E-state index in [1.165, 1.54) is 6.42 Å². The Bertz CT molecular complexity index is 521. The molecule has 0 radical (unpaired) electrons. The van der Waals surface area contributed by atoms with Crippen LogP contribution in [0.3, 0.4) is 0 Å². The second-order valence-electron chi connectivity index (χ2n) is 5.22. The van der Waals surface area contributed by atoms with Crippen molar-refractivity contribution in [3.63, 3.8) is 0 Å². The zero-order chi connectivity index (χ0) is 12.6. The minimum atomic E-state index is -2.81. The van der Waals surface area contributed by atoms with E-state index in [0.717, 1.165) is 19.3 Å². The van der Waals surface area contributed by atoms with Crippen molar-refractivity contribution in [1.82, 2.24) is 10.2 Å². The fraction of sp³-hybridized carbons (Fsp3) is 0.818. The monoisotopic (exact) mass is 271 g/mol. The van der Waals surface area contributed by atoms with Gasteiger partial charge in [-0.2, -0.15) is 0 Å². The van der Waals surface area contributed by atoms with Gasteiger partial charge in [0.15, 0.2) is 9.84 Å². The minimum absolute atomic E-state index is 0.161. The average Bonchev–Trinajstić information content (AvgIpc) is 2.80. The Hall–Kier alpha value is -1.11. The average molecular weight is 271 g/mol. The maximum atomic E-state index is 11.3. The lowest BCUT2D eigenvalue weighted by atomic mass is 9.85. The van der Waals surface area contributed by atoms with Gasteiger partial charge in [0.2, 0.25) is 5.89 Å². The zero-order valence-electron chi connectivity index (χ0n) is 10.1. The molecule has 1 N–H and O–H groups in total. The lowest BCUT2D eigenvalue weighted by molar-refractivity contribution is 0.338. The van der Waals surface area contributed by atoms with Crippen molar-refractivity contribution in [3.05, 3.63) is 5.89 Å². The summed E-state index contributed by atoms with van der Waals surface area (Å²) in [6, 6.07) is 0.418. The molecule has 2 fully saturated rings. The molecule has 1 saturated carbocycles. The maximum Gasteiger partial charge on any atom is 0.315 e. The summed E-state index contributed by atoms with van der Waals surface area (Å²) in [5, 5.41) is 11.0. The van der Waals surface area contributed by atoms with Crippen molar-refractivity contribution in [2.45, 2.75) is 31.6 Å². The van der Waals surface area contributed by atoms with Gasteiger partial charge in [-0.1, -0.05) is 11.5 Å². The number of nitrogens with zero attached hydrogens (tertiary/aromatic N) is 2. The number of aromatic nitrogens is 2. The van der Waals surface area contributed by atoms with E-state index in [9.17, 15) is 8.42 Å². The summed E-state index contributed by atoms with van der Waals surface area (Å²) in [5.74, 6) is 1.87. The van der Waals surface area contributed by atoms with Crippen LogP contribution < -0.4 is 5.32 Å². The molecule has 1 aliphatic heterocycles. The van der Waals surface area contributed by atoms with Crippen LogP contribution in [0.2, 0.25) is 0 Å². The lowest BCUT2D eigenvalue weighted by Gasteiger charge is -2.20. The van der Waals surface area contributed by atoms with E-state index in [0.29, 0.717) is 30.1 Å². The number of nitrogens with one attached hydrogen (secondary N) is 1. The first-order valence-corrected chi connectivity index (χ1v) is 8.22. The fourth-order valence-corrected chi connectivity index (χ4v) is 4.25. The van der Waals surface area contributed by atoms with Crippen molar-refractivity contribution >= 4 is 15.9 Å². The highest BCUT2D eigenvalue weighted by atomic mass is 32.2. The molecular weight excluding hydrogens is 254 g/mol. The highest BCUT2D eigenvalue weighted by Crippen LogP contribution is 2.35. The van der Waals surface area contributed by atoms with Crippen LogP contribution in [0.1, 0.15) is 37.5 Å². The van der Waals surface area contributed by atoms with Crippen LogP contribution in [0.25, 0.3) is 0 Å². The Kier molecular flexibility index (Phi) is 3.01. The normalized spacial score (nSPS) is 27.0. The third-order valence-electron chi connectivity index (χ3n) is 3.76. The molecule has 0 spiro atoms. The van der Waals surface area contributed by atoms with E-state index >= 15 is 0 Å². The van der Waals surface area contributed by atoms with Crippen LogP contribution in [0.5, 0.6) is 0 Å². The predicted octanol–water partition coefficient (Wildman–Crippen LogP) is 1.18. The van der Waals surface area contributed by atoms with Crippen LogP contribution in [-0.4, -0.2) is 36.7 Å². The lowest BCUT2D eigenvalue weighted by Crippen LogP contribution is -2.15. The summed E-state index contributed by atoms with van der Waals surface area (Å²) in [6.07, 6.45) is 4.21. The molecular formula is C11H17N3O3S. The van der Waals surface area contributed by atoms with Crippen molar-refractivity contribution < 1.29 is 12.8 Å². The highest BCUT2D eigenvalue weighted by Gasteiger charge is 2.28. The number of hydrogen-bond donors (Lipinski definition) is 1. The fourth-order valence-electron chi connectivity index (χ4n) is 2.39. The van der Waals surface area contributed by atoms with Crippen molar-refractivity contribution in [2.24, 2.45) is 5.92 Å². The molecule has 18 heavy (non-hydrogen) atoms. The SMILES string of the molecule is O=S1(=O)CC[C@@H](CNc2nnc(C3CCC3)o2)C1. The van der Waals surface area contributed by atoms with Gasteiger partial charge in [-0.05, 0) is 25.2 Å². The van der Waals surface area contributed by atoms with Crippen LogP contribution in [-0.2, 0) is 9.84 Å². The van der Waals surface area contributed by atoms with E-state index in [-0.39, 0.29) is 11.7 Å². The van der Waals surface area contributed by atoms with Gasteiger partial charge in [0.1, 0.15) is 0 Å². The molecule has 7 heteroatoms. The van der Waals surface area contributed by atoms with Gasteiger partial charge in [0.25, 0.3) is 0 Å². The predicted molar refractivity (Wildman–Crippen MR) is 66.1 cm³/mol. The van der Waals surface area contributed by atoms with E-state index in [1.807, 2.05) is 0 Å². The van der Waals surface area contributed by atoms with Gasteiger partial charge in [0, 0.05) is 12.5 Å². The molecule has 0 aromatic carbocycles. The summed E-state index contributed by atoms with van der Waals surface area (Å²) in [7, 11) is -2.81. The van der Waals surface area contributed by atoms with Gasteiger partial charge in [-0.15, -0.1) is 5.10 Å². The summed E-state index contributed by atoms with van der Waals surface area (Å²) >= 11 is 0. The van der Waals surface area contributed by atoms with Crippen molar-refractivity contribution in [2.75, 3.05) is 23.4 Å². The first kappa shape index (κ1) is 12.0. The van der Waals surface area contributed by atoms with E-state index in [1.54, 1.807) is 0 Å². The van der Waals surface area contributed by atoms with Crippen LogP contribution in [0.15, 0.2) is 4.42 Å². The molecule has 6 nitrogen and oxygen atoms in total. The Morgan fingerprint density at radius 3 is 2.72 bits per heavy atom. The summed E-state index contributed by atoms with van der Waals surface area (Å²) < 4.78 is 28.1. The maximum absolute atomic E-state index is 11.3. The third kappa shape index (κ3) is 2.50. The molecule has 3 rings (SSSR count). The van der Waals surface area contributed by atoms with Gasteiger partial charge >= 0.3 is 6.01 Å². The number of sulfone groups is 1. The van der Waals surface area contributed by atoms with Crippen LogP contribution in [0.4, 0.5) is 6.01 Å². The minimum Gasteiger partial charge on any atom is -0.408 e. The molecule has 1 aliphatic carbocycles. The van der Waals surface area contributed by atoms with E-state index in [2.05, 4.69) is 15.5 Å². The number of hydrogen-bond acceptors (Lipinski definition) is 6. The van der Waals surface area contributed by atoms with Crippen LogP contribution in [0, 0.1) is 5.92 Å². The molecule has 1 atom stereocenters. The molecule has 0 amide bonds. The number of rotatable bonds is 4. The molecule has 100 valence electrons. The molecule has 1 saturated heterocycles. The van der Waals surface area contributed by atoms with Crippen molar-refractivity contribution in [3.8, 4) is 0 Å². The Balaban J connectivity index is 1.52. The Labute approximate surface area is 106 Å². The first-order valence-electron chi connectivity index (χ1n) is 6.40. The second-order valence-corrected chi connectivity index (χ2v) is 7.45. The van der Waals surface area contributed by atoms with Gasteiger partial charge in [0.05, 0.1) is 11.5 Å². The van der Waals surface area contributed by atoms with Crippen LogP contribution >= 0.6 is 0 Å². The molecule has 0 bridgehead atoms. The summed E-state index contributed by atoms with van der Waals surface area (Å²) in [4.78, 5) is 0. The van der Waals surface area contributed by atoms with E-state index < -0.39 is 9.84 Å². The smallest absolute Gasteiger partial charge is 0.315 e. The Morgan fingerprint density at radius 1 is 1.28 bits per heavy atom. The second kappa shape index (κ2) is 4.53. The molecule has 1 aromatic rings. The first-order chi connectivity index (χ1) is 8.62. The highest BCUT2D eigenvalue weighted by molar-refractivity contribution is 7.91. The van der Waals surface area contributed by atoms with Gasteiger partial charge in [-0.3, -0.25) is 0 Å². The Morgan fingerprint density at radius 2 is 2.11 bits per heavy atom. The molecule has 2 aliphatic rings. The zero-order valence-corrected chi connectivity index (χ0v) is 10.9. The molecule has 2 heterocycles. The topological polar surface area (TPSA) is 85.1 Å².